The lowest BCUT2D eigenvalue weighted by molar-refractivity contribution is -0.114. The van der Waals surface area contributed by atoms with E-state index in [4.69, 9.17) is 9.47 Å². The van der Waals surface area contributed by atoms with Gasteiger partial charge in [-0.2, -0.15) is 0 Å². The second-order valence-corrected chi connectivity index (χ2v) is 6.56. The molecule has 1 saturated heterocycles. The third-order valence-electron chi connectivity index (χ3n) is 4.64. The van der Waals surface area contributed by atoms with Gasteiger partial charge in [0.25, 0.3) is 0 Å². The van der Waals surface area contributed by atoms with Crippen molar-refractivity contribution >= 4 is 17.3 Å². The van der Waals surface area contributed by atoms with Gasteiger partial charge in [-0.15, -0.1) is 0 Å². The molecule has 1 amide bonds. The largest absolute Gasteiger partial charge is 0.493 e. The van der Waals surface area contributed by atoms with Crippen LogP contribution in [0.2, 0.25) is 0 Å². The number of carbonyl (C=O) groups excluding carboxylic acids is 1. The molecule has 0 aliphatic carbocycles. The second-order valence-electron chi connectivity index (χ2n) is 6.56. The quantitative estimate of drug-likeness (QED) is 0.813. The zero-order valence-electron chi connectivity index (χ0n) is 16.0. The molecule has 0 spiro atoms. The first kappa shape index (κ1) is 19.0. The predicted molar refractivity (Wildman–Crippen MR) is 108 cm³/mol. The van der Waals surface area contributed by atoms with E-state index in [1.165, 1.54) is 12.6 Å². The normalized spacial score (nSPS) is 14.7. The zero-order chi connectivity index (χ0) is 19.1. The van der Waals surface area contributed by atoms with Crippen LogP contribution in [-0.2, 0) is 4.79 Å². The van der Waals surface area contributed by atoms with Crippen molar-refractivity contribution in [3.63, 3.8) is 0 Å². The number of carbonyl (C=O) groups is 1. The van der Waals surface area contributed by atoms with E-state index in [-0.39, 0.29) is 5.91 Å². The van der Waals surface area contributed by atoms with Gasteiger partial charge in [-0.1, -0.05) is 18.2 Å². The van der Waals surface area contributed by atoms with Crippen molar-refractivity contribution in [1.29, 1.82) is 0 Å². The number of methoxy groups -OCH3 is 1. The number of para-hydroxylation sites is 1. The summed E-state index contributed by atoms with van der Waals surface area (Å²) in [5.74, 6) is 1.20. The van der Waals surface area contributed by atoms with Crippen LogP contribution in [0.3, 0.4) is 0 Å². The van der Waals surface area contributed by atoms with E-state index < -0.39 is 0 Å². The molecule has 1 heterocycles. The van der Waals surface area contributed by atoms with Crippen molar-refractivity contribution in [2.24, 2.45) is 0 Å². The summed E-state index contributed by atoms with van der Waals surface area (Å²) in [5.41, 5.74) is 1.99. The molecule has 3 rings (SSSR count). The fraction of sp³-hybridized carbons (Fsp3) is 0.381. The van der Waals surface area contributed by atoms with Crippen molar-refractivity contribution in [2.75, 3.05) is 56.7 Å². The SMILES string of the molecule is COc1cc(NC(C)=O)ccc1OCCN1CCN(c2ccccc2)CC1. The lowest BCUT2D eigenvalue weighted by Gasteiger charge is -2.36. The Balaban J connectivity index is 1.46. The lowest BCUT2D eigenvalue weighted by Crippen LogP contribution is -2.47. The first-order valence-electron chi connectivity index (χ1n) is 9.26. The van der Waals surface area contributed by atoms with Crippen molar-refractivity contribution in [1.82, 2.24) is 4.90 Å². The number of nitrogens with zero attached hydrogens (tertiary/aromatic N) is 2. The van der Waals surface area contributed by atoms with Crippen LogP contribution in [0, 0.1) is 0 Å². The van der Waals surface area contributed by atoms with E-state index in [1.54, 1.807) is 13.2 Å². The van der Waals surface area contributed by atoms with Crippen molar-refractivity contribution in [3.05, 3.63) is 48.5 Å². The van der Waals surface area contributed by atoms with Gasteiger partial charge >= 0.3 is 0 Å². The number of benzene rings is 2. The fourth-order valence-corrected chi connectivity index (χ4v) is 3.22. The van der Waals surface area contributed by atoms with Gasteiger partial charge in [0.05, 0.1) is 7.11 Å². The van der Waals surface area contributed by atoms with Gasteiger partial charge in [-0.05, 0) is 24.3 Å². The highest BCUT2D eigenvalue weighted by Crippen LogP contribution is 2.30. The molecular formula is C21H27N3O3. The van der Waals surface area contributed by atoms with Crippen molar-refractivity contribution < 1.29 is 14.3 Å². The van der Waals surface area contributed by atoms with E-state index in [0.29, 0.717) is 23.8 Å². The minimum absolute atomic E-state index is 0.111. The number of hydrogen-bond acceptors (Lipinski definition) is 5. The highest BCUT2D eigenvalue weighted by molar-refractivity contribution is 5.89. The van der Waals surface area contributed by atoms with Crippen LogP contribution in [0.15, 0.2) is 48.5 Å². The highest BCUT2D eigenvalue weighted by atomic mass is 16.5. The molecule has 0 saturated carbocycles. The minimum atomic E-state index is -0.111. The van der Waals surface area contributed by atoms with Crippen LogP contribution < -0.4 is 19.7 Å². The standard InChI is InChI=1S/C21H27N3O3/c1-17(25)22-18-8-9-20(21(16-18)26-2)27-15-14-23-10-12-24(13-11-23)19-6-4-3-5-7-19/h3-9,16H,10-15H2,1-2H3,(H,22,25). The molecule has 1 fully saturated rings. The van der Waals surface area contributed by atoms with E-state index >= 15 is 0 Å². The Kier molecular flexibility index (Phi) is 6.54. The zero-order valence-corrected chi connectivity index (χ0v) is 16.0. The number of rotatable bonds is 7. The summed E-state index contributed by atoms with van der Waals surface area (Å²) in [5, 5.41) is 2.74. The predicted octanol–water partition coefficient (Wildman–Crippen LogP) is 2.85. The fourth-order valence-electron chi connectivity index (χ4n) is 3.22. The Hall–Kier alpha value is -2.73. The van der Waals surface area contributed by atoms with Crippen molar-refractivity contribution in [2.45, 2.75) is 6.92 Å². The summed E-state index contributed by atoms with van der Waals surface area (Å²) < 4.78 is 11.3. The topological polar surface area (TPSA) is 54.0 Å². The molecule has 0 bridgehead atoms. The van der Waals surface area contributed by atoms with Crippen molar-refractivity contribution in [3.8, 4) is 11.5 Å². The molecule has 27 heavy (non-hydrogen) atoms. The van der Waals surface area contributed by atoms with Crippen LogP contribution >= 0.6 is 0 Å². The van der Waals surface area contributed by atoms with E-state index in [2.05, 4.69) is 39.4 Å². The first-order valence-corrected chi connectivity index (χ1v) is 9.26. The molecule has 1 aliphatic rings. The lowest BCUT2D eigenvalue weighted by atomic mass is 10.2. The van der Waals surface area contributed by atoms with Gasteiger partial charge in [-0.25, -0.2) is 0 Å². The smallest absolute Gasteiger partial charge is 0.221 e. The molecule has 0 radical (unpaired) electrons. The Bertz CT molecular complexity index is 744. The Morgan fingerprint density at radius 3 is 2.44 bits per heavy atom. The number of ether oxygens (including phenoxy) is 2. The molecule has 2 aromatic rings. The van der Waals surface area contributed by atoms with E-state index in [9.17, 15) is 4.79 Å². The third-order valence-corrected chi connectivity index (χ3v) is 4.64. The third kappa shape index (κ3) is 5.37. The van der Waals surface area contributed by atoms with E-state index in [0.717, 1.165) is 32.7 Å². The molecule has 0 unspecified atom stereocenters. The van der Waals surface area contributed by atoms with Gasteiger partial charge in [0.2, 0.25) is 5.91 Å². The minimum Gasteiger partial charge on any atom is -0.493 e. The van der Waals surface area contributed by atoms with Crippen LogP contribution in [0.4, 0.5) is 11.4 Å². The molecule has 0 aromatic heterocycles. The van der Waals surface area contributed by atoms with Crippen LogP contribution in [-0.4, -0.2) is 57.2 Å². The summed E-state index contributed by atoms with van der Waals surface area (Å²) in [6.07, 6.45) is 0. The average Bonchev–Trinajstić information content (AvgIpc) is 2.69. The maximum absolute atomic E-state index is 11.2. The molecule has 6 heteroatoms. The number of amides is 1. The summed E-state index contributed by atoms with van der Waals surface area (Å²) in [6.45, 7) is 7.06. The van der Waals surface area contributed by atoms with Gasteiger partial charge in [0.1, 0.15) is 6.61 Å². The van der Waals surface area contributed by atoms with Crippen LogP contribution in [0.25, 0.3) is 0 Å². The maximum atomic E-state index is 11.2. The molecule has 144 valence electrons. The molecular weight excluding hydrogens is 342 g/mol. The number of piperazine rings is 1. The Morgan fingerprint density at radius 1 is 1.04 bits per heavy atom. The highest BCUT2D eigenvalue weighted by Gasteiger charge is 2.17. The Morgan fingerprint density at radius 2 is 1.78 bits per heavy atom. The summed E-state index contributed by atoms with van der Waals surface area (Å²) >= 11 is 0. The molecule has 6 nitrogen and oxygen atoms in total. The first-order chi connectivity index (χ1) is 13.2. The molecule has 0 atom stereocenters. The van der Waals surface area contributed by atoms with E-state index in [1.807, 2.05) is 18.2 Å². The van der Waals surface area contributed by atoms with Crippen LogP contribution in [0.5, 0.6) is 11.5 Å². The van der Waals surface area contributed by atoms with Gasteiger partial charge in [0, 0.05) is 57.1 Å². The average molecular weight is 369 g/mol. The van der Waals surface area contributed by atoms with Gasteiger partial charge < -0.3 is 19.7 Å². The van der Waals surface area contributed by atoms with Crippen LogP contribution in [0.1, 0.15) is 6.92 Å². The summed E-state index contributed by atoms with van der Waals surface area (Å²) in [4.78, 5) is 16.0. The monoisotopic (exact) mass is 369 g/mol. The molecule has 1 aliphatic heterocycles. The second kappa shape index (κ2) is 9.28. The number of nitrogens with one attached hydrogen (secondary N) is 1. The van der Waals surface area contributed by atoms with Gasteiger partial charge in [-0.3, -0.25) is 9.69 Å². The van der Waals surface area contributed by atoms with Gasteiger partial charge in [0.15, 0.2) is 11.5 Å². The maximum Gasteiger partial charge on any atom is 0.221 e. The number of anilines is 2. The molecule has 1 N–H and O–H groups in total. The number of hydrogen-bond donors (Lipinski definition) is 1. The summed E-state index contributed by atoms with van der Waals surface area (Å²) in [6, 6.07) is 16.0. The Labute approximate surface area is 160 Å². The summed E-state index contributed by atoms with van der Waals surface area (Å²) in [7, 11) is 1.60. The molecule has 2 aromatic carbocycles.